The molecule has 5 nitrogen and oxygen atoms in total. The Kier molecular flexibility index (Phi) is 2.68. The molecule has 4 N–H and O–H groups in total. The van der Waals surface area contributed by atoms with Crippen LogP contribution in [0.4, 0.5) is 11.6 Å². The SMILES string of the molecule is Nc1cnc(-c2nccc3c(Cl)cccc23)c(N)n1. The van der Waals surface area contributed by atoms with Gasteiger partial charge in [0.1, 0.15) is 17.2 Å². The first kappa shape index (κ1) is 11.7. The van der Waals surface area contributed by atoms with Gasteiger partial charge in [0.15, 0.2) is 5.82 Å². The zero-order valence-electron chi connectivity index (χ0n) is 9.84. The molecule has 0 radical (unpaired) electrons. The van der Waals surface area contributed by atoms with E-state index in [1.165, 1.54) is 6.20 Å². The third-order valence-electron chi connectivity index (χ3n) is 2.80. The molecule has 19 heavy (non-hydrogen) atoms. The van der Waals surface area contributed by atoms with Crippen molar-refractivity contribution < 1.29 is 0 Å². The molecule has 1 aromatic carbocycles. The Balaban J connectivity index is 2.34. The van der Waals surface area contributed by atoms with E-state index in [0.29, 0.717) is 16.4 Å². The van der Waals surface area contributed by atoms with E-state index in [1.807, 2.05) is 24.3 Å². The van der Waals surface area contributed by atoms with E-state index in [2.05, 4.69) is 15.0 Å². The third kappa shape index (κ3) is 1.94. The van der Waals surface area contributed by atoms with E-state index in [-0.39, 0.29) is 11.6 Å². The standard InChI is InChI=1S/C13H10ClN5/c14-9-3-1-2-8-7(9)4-5-17-11(8)12-13(16)19-10(15)6-18-12/h1-6H,(H4,15,16,19). The van der Waals surface area contributed by atoms with Crippen molar-refractivity contribution >= 4 is 34.0 Å². The van der Waals surface area contributed by atoms with Gasteiger partial charge in [-0.25, -0.2) is 9.97 Å². The first-order valence-corrected chi connectivity index (χ1v) is 5.96. The second-order valence-corrected chi connectivity index (χ2v) is 4.43. The molecule has 0 atom stereocenters. The van der Waals surface area contributed by atoms with Crippen LogP contribution in [0.15, 0.2) is 36.7 Å². The number of aromatic nitrogens is 3. The van der Waals surface area contributed by atoms with Crippen molar-refractivity contribution in [3.8, 4) is 11.4 Å². The van der Waals surface area contributed by atoms with Crippen LogP contribution in [-0.2, 0) is 0 Å². The van der Waals surface area contributed by atoms with Crippen LogP contribution in [0.25, 0.3) is 22.2 Å². The van der Waals surface area contributed by atoms with Crippen LogP contribution in [-0.4, -0.2) is 15.0 Å². The zero-order valence-corrected chi connectivity index (χ0v) is 10.6. The van der Waals surface area contributed by atoms with E-state index in [1.54, 1.807) is 6.20 Å². The minimum absolute atomic E-state index is 0.250. The molecular formula is C13H10ClN5. The first-order valence-electron chi connectivity index (χ1n) is 5.58. The zero-order chi connectivity index (χ0) is 13.4. The topological polar surface area (TPSA) is 90.7 Å². The summed E-state index contributed by atoms with van der Waals surface area (Å²) in [4.78, 5) is 12.5. The molecule has 0 amide bonds. The van der Waals surface area contributed by atoms with E-state index in [4.69, 9.17) is 23.1 Å². The molecule has 0 saturated heterocycles. The van der Waals surface area contributed by atoms with Crippen molar-refractivity contribution in [3.63, 3.8) is 0 Å². The van der Waals surface area contributed by atoms with Crippen LogP contribution < -0.4 is 11.5 Å². The smallest absolute Gasteiger partial charge is 0.154 e. The lowest BCUT2D eigenvalue weighted by Gasteiger charge is -2.08. The van der Waals surface area contributed by atoms with Crippen molar-refractivity contribution in [2.45, 2.75) is 0 Å². The number of nitrogens with zero attached hydrogens (tertiary/aromatic N) is 3. The molecule has 6 heteroatoms. The number of anilines is 2. The van der Waals surface area contributed by atoms with Gasteiger partial charge in [0.05, 0.1) is 6.20 Å². The first-order chi connectivity index (χ1) is 9.16. The van der Waals surface area contributed by atoms with Gasteiger partial charge in [-0.05, 0) is 12.1 Å². The predicted octanol–water partition coefficient (Wildman–Crippen LogP) is 2.51. The van der Waals surface area contributed by atoms with Crippen LogP contribution in [0.5, 0.6) is 0 Å². The minimum atomic E-state index is 0.250. The molecule has 0 aliphatic heterocycles. The highest BCUT2D eigenvalue weighted by molar-refractivity contribution is 6.35. The van der Waals surface area contributed by atoms with Crippen LogP contribution in [0.1, 0.15) is 0 Å². The molecule has 3 rings (SSSR count). The summed E-state index contributed by atoms with van der Waals surface area (Å²) in [5.41, 5.74) is 12.5. The average molecular weight is 272 g/mol. The van der Waals surface area contributed by atoms with Gasteiger partial charge in [0.2, 0.25) is 0 Å². The lowest BCUT2D eigenvalue weighted by molar-refractivity contribution is 1.20. The summed E-state index contributed by atoms with van der Waals surface area (Å²) < 4.78 is 0. The number of nitrogen functional groups attached to an aromatic ring is 2. The Labute approximate surface area is 114 Å². The molecule has 0 saturated carbocycles. The Hall–Kier alpha value is -2.40. The highest BCUT2D eigenvalue weighted by Gasteiger charge is 2.12. The predicted molar refractivity (Wildman–Crippen MR) is 76.6 cm³/mol. The summed E-state index contributed by atoms with van der Waals surface area (Å²) in [6.45, 7) is 0. The van der Waals surface area contributed by atoms with Gasteiger partial charge in [-0.3, -0.25) is 4.98 Å². The number of benzene rings is 1. The Bertz CT molecular complexity index is 772. The molecule has 2 heterocycles. The van der Waals surface area contributed by atoms with E-state index < -0.39 is 0 Å². The minimum Gasteiger partial charge on any atom is -0.382 e. The van der Waals surface area contributed by atoms with Gasteiger partial charge in [-0.1, -0.05) is 23.7 Å². The van der Waals surface area contributed by atoms with Crippen molar-refractivity contribution in [2.24, 2.45) is 0 Å². The maximum atomic E-state index is 6.17. The number of halogens is 1. The van der Waals surface area contributed by atoms with Crippen molar-refractivity contribution in [1.82, 2.24) is 15.0 Å². The lowest BCUT2D eigenvalue weighted by atomic mass is 10.1. The molecule has 0 bridgehead atoms. The highest BCUT2D eigenvalue weighted by Crippen LogP contribution is 2.31. The molecule has 3 aromatic rings. The number of hydrogen-bond donors (Lipinski definition) is 2. The highest BCUT2D eigenvalue weighted by atomic mass is 35.5. The number of hydrogen-bond acceptors (Lipinski definition) is 5. The fourth-order valence-corrected chi connectivity index (χ4v) is 2.20. The van der Waals surface area contributed by atoms with Gasteiger partial charge < -0.3 is 11.5 Å². The molecular weight excluding hydrogens is 262 g/mol. The van der Waals surface area contributed by atoms with Crippen molar-refractivity contribution in [2.75, 3.05) is 11.5 Å². The maximum Gasteiger partial charge on any atom is 0.154 e. The lowest BCUT2D eigenvalue weighted by Crippen LogP contribution is -2.02. The summed E-state index contributed by atoms with van der Waals surface area (Å²) in [7, 11) is 0. The van der Waals surface area contributed by atoms with E-state index in [9.17, 15) is 0 Å². The number of pyridine rings is 1. The van der Waals surface area contributed by atoms with Crippen molar-refractivity contribution in [1.29, 1.82) is 0 Å². The molecule has 94 valence electrons. The summed E-state index contributed by atoms with van der Waals surface area (Å²) in [6, 6.07) is 7.45. The molecule has 0 unspecified atom stereocenters. The molecule has 0 aliphatic rings. The Morgan fingerprint density at radius 3 is 2.58 bits per heavy atom. The van der Waals surface area contributed by atoms with Crippen LogP contribution in [0.3, 0.4) is 0 Å². The van der Waals surface area contributed by atoms with E-state index >= 15 is 0 Å². The third-order valence-corrected chi connectivity index (χ3v) is 3.12. The largest absolute Gasteiger partial charge is 0.382 e. The van der Waals surface area contributed by atoms with Gasteiger partial charge >= 0.3 is 0 Å². The maximum absolute atomic E-state index is 6.17. The van der Waals surface area contributed by atoms with Gasteiger partial charge in [-0.2, -0.15) is 0 Å². The molecule has 0 fully saturated rings. The summed E-state index contributed by atoms with van der Waals surface area (Å²) in [5, 5.41) is 2.43. The fourth-order valence-electron chi connectivity index (χ4n) is 1.96. The quantitative estimate of drug-likeness (QED) is 0.710. The van der Waals surface area contributed by atoms with Crippen LogP contribution >= 0.6 is 11.6 Å². The second kappa shape index (κ2) is 4.37. The number of rotatable bonds is 1. The Morgan fingerprint density at radius 2 is 1.79 bits per heavy atom. The summed E-state index contributed by atoms with van der Waals surface area (Å²) in [5.74, 6) is 0.527. The molecule has 0 spiro atoms. The second-order valence-electron chi connectivity index (χ2n) is 4.02. The summed E-state index contributed by atoms with van der Waals surface area (Å²) in [6.07, 6.45) is 3.12. The van der Waals surface area contributed by atoms with Gasteiger partial charge in [-0.15, -0.1) is 0 Å². The van der Waals surface area contributed by atoms with Crippen molar-refractivity contribution in [3.05, 3.63) is 41.7 Å². The van der Waals surface area contributed by atoms with Crippen LogP contribution in [0.2, 0.25) is 5.02 Å². The summed E-state index contributed by atoms with van der Waals surface area (Å²) >= 11 is 6.17. The van der Waals surface area contributed by atoms with Crippen LogP contribution in [0, 0.1) is 0 Å². The fraction of sp³-hybridized carbons (Fsp3) is 0. The number of nitrogens with two attached hydrogens (primary N) is 2. The van der Waals surface area contributed by atoms with Gasteiger partial charge in [0, 0.05) is 22.0 Å². The monoisotopic (exact) mass is 271 g/mol. The van der Waals surface area contributed by atoms with Gasteiger partial charge in [0.25, 0.3) is 0 Å². The van der Waals surface area contributed by atoms with E-state index in [0.717, 1.165) is 10.8 Å². The molecule has 0 aliphatic carbocycles. The number of fused-ring (bicyclic) bond motifs is 1. The molecule has 2 aromatic heterocycles. The normalized spacial score (nSPS) is 10.8. The average Bonchev–Trinajstić information content (AvgIpc) is 2.39. The Morgan fingerprint density at radius 1 is 0.947 bits per heavy atom.